The van der Waals surface area contributed by atoms with E-state index in [0.29, 0.717) is 13.0 Å². The van der Waals surface area contributed by atoms with E-state index in [1.807, 2.05) is 20.8 Å². The summed E-state index contributed by atoms with van der Waals surface area (Å²) in [5.41, 5.74) is -0.647. The summed E-state index contributed by atoms with van der Waals surface area (Å²) >= 11 is 0. The standard InChI is InChI=1S/C16H33NO4Si/c1-15(2,3)13(21-22(7)8)12-9-11(18)10-17(12)14(19)20-16(4,5)6/h11-13,18,22H,9-10H2,1-8H3. The van der Waals surface area contributed by atoms with Crippen molar-refractivity contribution < 1.29 is 19.1 Å². The second-order valence-corrected chi connectivity index (χ2v) is 10.9. The van der Waals surface area contributed by atoms with E-state index >= 15 is 0 Å². The highest BCUT2D eigenvalue weighted by Crippen LogP contribution is 2.34. The molecule has 0 aromatic rings. The molecule has 5 nitrogen and oxygen atoms in total. The number of hydrogen-bond donors (Lipinski definition) is 1. The fraction of sp³-hybridized carbons (Fsp3) is 0.938. The lowest BCUT2D eigenvalue weighted by molar-refractivity contribution is -0.0133. The van der Waals surface area contributed by atoms with Gasteiger partial charge in [-0.25, -0.2) is 4.79 Å². The lowest BCUT2D eigenvalue weighted by atomic mass is 9.83. The van der Waals surface area contributed by atoms with E-state index in [9.17, 15) is 9.90 Å². The molecular formula is C16H33NO4Si. The summed E-state index contributed by atoms with van der Waals surface area (Å²) < 4.78 is 11.7. The molecular weight excluding hydrogens is 298 g/mol. The van der Waals surface area contributed by atoms with Crippen LogP contribution in [0.3, 0.4) is 0 Å². The van der Waals surface area contributed by atoms with Gasteiger partial charge in [0, 0.05) is 0 Å². The maximum Gasteiger partial charge on any atom is 0.410 e. The summed E-state index contributed by atoms with van der Waals surface area (Å²) in [5, 5.41) is 10.1. The van der Waals surface area contributed by atoms with Crippen molar-refractivity contribution in [3.05, 3.63) is 0 Å². The Morgan fingerprint density at radius 1 is 1.23 bits per heavy atom. The molecule has 1 rings (SSSR count). The predicted octanol–water partition coefficient (Wildman–Crippen LogP) is 2.77. The molecule has 6 heteroatoms. The lowest BCUT2D eigenvalue weighted by Gasteiger charge is -2.40. The Labute approximate surface area is 136 Å². The summed E-state index contributed by atoms with van der Waals surface area (Å²) in [4.78, 5) is 14.1. The summed E-state index contributed by atoms with van der Waals surface area (Å²) in [6.07, 6.45) is -0.427. The van der Waals surface area contributed by atoms with Crippen LogP contribution in [0.2, 0.25) is 13.1 Å². The Morgan fingerprint density at radius 3 is 2.18 bits per heavy atom. The number of hydrogen-bond acceptors (Lipinski definition) is 4. The number of carbonyl (C=O) groups excluding carboxylic acids is 1. The first kappa shape index (κ1) is 19.5. The van der Waals surface area contributed by atoms with Crippen LogP contribution in [-0.2, 0) is 9.16 Å². The third kappa shape index (κ3) is 5.55. The van der Waals surface area contributed by atoms with Crippen LogP contribution in [-0.4, -0.2) is 55.5 Å². The topological polar surface area (TPSA) is 59.0 Å². The Morgan fingerprint density at radius 2 is 1.77 bits per heavy atom. The molecule has 22 heavy (non-hydrogen) atoms. The van der Waals surface area contributed by atoms with Gasteiger partial charge in [0.05, 0.1) is 24.8 Å². The third-order valence-corrected chi connectivity index (χ3v) is 4.41. The number of ether oxygens (including phenoxy) is 1. The highest BCUT2D eigenvalue weighted by Gasteiger charge is 2.45. The molecule has 1 heterocycles. The number of aliphatic hydroxyl groups is 1. The van der Waals surface area contributed by atoms with E-state index in [0.717, 1.165) is 0 Å². The van der Waals surface area contributed by atoms with Gasteiger partial charge in [0.2, 0.25) is 0 Å². The molecule has 0 bridgehead atoms. The van der Waals surface area contributed by atoms with Gasteiger partial charge in [0.1, 0.15) is 5.60 Å². The van der Waals surface area contributed by atoms with Crippen LogP contribution in [0.15, 0.2) is 0 Å². The van der Waals surface area contributed by atoms with Crippen LogP contribution >= 0.6 is 0 Å². The van der Waals surface area contributed by atoms with Crippen molar-refractivity contribution in [3.8, 4) is 0 Å². The monoisotopic (exact) mass is 331 g/mol. The first-order chi connectivity index (χ1) is 9.81. The molecule has 0 aliphatic carbocycles. The smallest absolute Gasteiger partial charge is 0.410 e. The number of amides is 1. The van der Waals surface area contributed by atoms with Crippen molar-refractivity contribution in [2.75, 3.05) is 6.54 Å². The zero-order chi connectivity index (χ0) is 17.3. The van der Waals surface area contributed by atoms with Crippen molar-refractivity contribution >= 4 is 15.1 Å². The van der Waals surface area contributed by atoms with E-state index in [1.54, 1.807) is 4.90 Å². The van der Waals surface area contributed by atoms with Crippen LogP contribution in [0.1, 0.15) is 48.0 Å². The average Bonchev–Trinajstić information content (AvgIpc) is 2.63. The summed E-state index contributed by atoms with van der Waals surface area (Å²) in [5.74, 6) is 0. The molecule has 3 atom stereocenters. The molecule has 0 radical (unpaired) electrons. The van der Waals surface area contributed by atoms with Gasteiger partial charge in [-0.3, -0.25) is 4.90 Å². The number of carbonyl (C=O) groups is 1. The van der Waals surface area contributed by atoms with Crippen LogP contribution in [0.25, 0.3) is 0 Å². The number of β-amino-alcohol motifs (C(OH)–C–C–N with tert-alkyl or cyclic N) is 1. The van der Waals surface area contributed by atoms with E-state index < -0.39 is 20.7 Å². The number of rotatable bonds is 3. The van der Waals surface area contributed by atoms with E-state index in [-0.39, 0.29) is 23.7 Å². The summed E-state index contributed by atoms with van der Waals surface area (Å²) in [6, 6.07) is -0.139. The van der Waals surface area contributed by atoms with Crippen molar-refractivity contribution in [2.45, 2.75) is 84.9 Å². The lowest BCUT2D eigenvalue weighted by Crippen LogP contribution is -2.51. The zero-order valence-electron chi connectivity index (χ0n) is 15.3. The van der Waals surface area contributed by atoms with Crippen molar-refractivity contribution in [1.82, 2.24) is 4.90 Å². The quantitative estimate of drug-likeness (QED) is 0.808. The van der Waals surface area contributed by atoms with Crippen molar-refractivity contribution in [3.63, 3.8) is 0 Å². The van der Waals surface area contributed by atoms with Gasteiger partial charge in [-0.1, -0.05) is 20.8 Å². The molecule has 1 aliphatic rings. The molecule has 0 spiro atoms. The third-order valence-electron chi connectivity index (χ3n) is 3.57. The molecule has 1 N–H and O–H groups in total. The molecule has 130 valence electrons. The Balaban J connectivity index is 2.98. The normalized spacial score (nSPS) is 24.7. The van der Waals surface area contributed by atoms with Gasteiger partial charge >= 0.3 is 6.09 Å². The van der Waals surface area contributed by atoms with Crippen LogP contribution in [0.4, 0.5) is 4.79 Å². The van der Waals surface area contributed by atoms with Crippen LogP contribution in [0.5, 0.6) is 0 Å². The molecule has 0 aromatic carbocycles. The molecule has 0 aromatic heterocycles. The largest absolute Gasteiger partial charge is 0.444 e. The number of nitrogens with zero attached hydrogens (tertiary/aromatic N) is 1. The minimum absolute atomic E-state index is 0.0937. The molecule has 1 fully saturated rings. The molecule has 1 aliphatic heterocycles. The second-order valence-electron chi connectivity index (χ2n) is 8.56. The Hall–Kier alpha value is -0.593. The predicted molar refractivity (Wildman–Crippen MR) is 90.6 cm³/mol. The van der Waals surface area contributed by atoms with Gasteiger partial charge in [-0.2, -0.15) is 0 Å². The molecule has 3 unspecified atom stereocenters. The highest BCUT2D eigenvalue weighted by atomic mass is 28.3. The first-order valence-corrected chi connectivity index (χ1v) is 10.9. The molecule has 1 saturated heterocycles. The highest BCUT2D eigenvalue weighted by molar-refractivity contribution is 6.48. The summed E-state index contributed by atoms with van der Waals surface area (Å²) in [6.45, 7) is 16.5. The maximum absolute atomic E-state index is 12.5. The van der Waals surface area contributed by atoms with Gasteiger partial charge in [-0.15, -0.1) is 0 Å². The number of likely N-dealkylation sites (tertiary alicyclic amines) is 1. The molecule has 0 saturated carbocycles. The van der Waals surface area contributed by atoms with Gasteiger partial charge in [0.15, 0.2) is 9.04 Å². The average molecular weight is 332 g/mol. The van der Waals surface area contributed by atoms with E-state index in [1.165, 1.54) is 0 Å². The maximum atomic E-state index is 12.5. The van der Waals surface area contributed by atoms with Gasteiger partial charge in [-0.05, 0) is 45.7 Å². The minimum Gasteiger partial charge on any atom is -0.444 e. The van der Waals surface area contributed by atoms with Crippen molar-refractivity contribution in [1.29, 1.82) is 0 Å². The fourth-order valence-electron chi connectivity index (χ4n) is 2.83. The minimum atomic E-state index is -1.27. The van der Waals surface area contributed by atoms with Gasteiger partial charge < -0.3 is 14.3 Å². The first-order valence-electron chi connectivity index (χ1n) is 8.14. The van der Waals surface area contributed by atoms with Crippen LogP contribution < -0.4 is 0 Å². The second kappa shape index (κ2) is 6.89. The van der Waals surface area contributed by atoms with Gasteiger partial charge in [0.25, 0.3) is 0 Å². The SMILES string of the molecule is C[SiH](C)OC(C1CC(O)CN1C(=O)OC(C)(C)C)C(C)(C)C. The van der Waals surface area contributed by atoms with Crippen molar-refractivity contribution in [2.24, 2.45) is 5.41 Å². The zero-order valence-corrected chi connectivity index (χ0v) is 16.5. The van der Waals surface area contributed by atoms with Crippen LogP contribution in [0, 0.1) is 5.41 Å². The fourth-order valence-corrected chi connectivity index (χ4v) is 4.00. The molecule has 1 amide bonds. The Bertz CT molecular complexity index is 387. The number of aliphatic hydroxyl groups excluding tert-OH is 1. The van der Waals surface area contributed by atoms with E-state index in [2.05, 4.69) is 33.9 Å². The summed E-state index contributed by atoms with van der Waals surface area (Å²) in [7, 11) is -1.27. The Kier molecular flexibility index (Phi) is 6.09. The van der Waals surface area contributed by atoms with E-state index in [4.69, 9.17) is 9.16 Å².